The molecule has 0 N–H and O–H groups in total. The molecule has 2 heterocycles. The van der Waals surface area contributed by atoms with Crippen LogP contribution in [-0.2, 0) is 7.05 Å². The summed E-state index contributed by atoms with van der Waals surface area (Å²) in [5.41, 5.74) is 1.76. The van der Waals surface area contributed by atoms with E-state index in [2.05, 4.69) is 26.0 Å². The summed E-state index contributed by atoms with van der Waals surface area (Å²) in [6, 6.07) is 5.77. The smallest absolute Gasteiger partial charge is 0.125 e. The molecule has 0 aliphatic heterocycles. The molecule has 2 aromatic rings. The maximum absolute atomic E-state index is 4.29. The van der Waals surface area contributed by atoms with Crippen LogP contribution in [0.15, 0.2) is 35.1 Å². The zero-order chi connectivity index (χ0) is 9.26. The Morgan fingerprint density at radius 3 is 2.77 bits per heavy atom. The van der Waals surface area contributed by atoms with Crippen LogP contribution in [0.25, 0.3) is 11.4 Å². The van der Waals surface area contributed by atoms with Gasteiger partial charge in [-0.1, -0.05) is 6.07 Å². The van der Waals surface area contributed by atoms with E-state index >= 15 is 0 Å². The fourth-order valence-corrected chi connectivity index (χ4v) is 1.71. The molecular formula is C9H8BrN3. The van der Waals surface area contributed by atoms with Crippen LogP contribution in [0.2, 0.25) is 0 Å². The summed E-state index contributed by atoms with van der Waals surface area (Å²) in [5, 5.41) is 4.29. The lowest BCUT2D eigenvalue weighted by Gasteiger charge is -1.94. The Bertz CT molecular complexity index is 408. The summed E-state index contributed by atoms with van der Waals surface area (Å²) in [4.78, 5) is 4.22. The van der Waals surface area contributed by atoms with E-state index in [1.54, 1.807) is 10.9 Å². The van der Waals surface area contributed by atoms with Gasteiger partial charge in [-0.3, -0.25) is 9.67 Å². The number of aryl methyl sites for hydroxylation is 1. The van der Waals surface area contributed by atoms with E-state index in [1.807, 2.05) is 31.4 Å². The van der Waals surface area contributed by atoms with Gasteiger partial charge < -0.3 is 0 Å². The van der Waals surface area contributed by atoms with E-state index in [0.29, 0.717) is 0 Å². The van der Waals surface area contributed by atoms with Crippen molar-refractivity contribution in [1.29, 1.82) is 0 Å². The Labute approximate surface area is 84.5 Å². The molecule has 2 aromatic heterocycles. The third-order valence-corrected chi connectivity index (χ3v) is 2.27. The van der Waals surface area contributed by atoms with E-state index < -0.39 is 0 Å². The maximum Gasteiger partial charge on any atom is 0.125 e. The molecule has 13 heavy (non-hydrogen) atoms. The van der Waals surface area contributed by atoms with Gasteiger partial charge in [0, 0.05) is 19.4 Å². The number of hydrogen-bond acceptors (Lipinski definition) is 2. The Kier molecular flexibility index (Phi) is 2.14. The second kappa shape index (κ2) is 3.30. The minimum absolute atomic E-state index is 0.878. The molecule has 0 aromatic carbocycles. The molecule has 0 spiro atoms. The molecule has 2 rings (SSSR count). The molecule has 3 nitrogen and oxygen atoms in total. The van der Waals surface area contributed by atoms with E-state index in [-0.39, 0.29) is 0 Å². The molecule has 4 heteroatoms. The van der Waals surface area contributed by atoms with Crippen molar-refractivity contribution in [2.75, 3.05) is 0 Å². The number of halogens is 1. The van der Waals surface area contributed by atoms with Gasteiger partial charge in [0.2, 0.25) is 0 Å². The highest BCUT2D eigenvalue weighted by Crippen LogP contribution is 2.23. The van der Waals surface area contributed by atoms with Gasteiger partial charge in [-0.15, -0.1) is 0 Å². The van der Waals surface area contributed by atoms with Gasteiger partial charge >= 0.3 is 0 Å². The van der Waals surface area contributed by atoms with Crippen LogP contribution in [0, 0.1) is 0 Å². The molecule has 0 aliphatic carbocycles. The van der Waals surface area contributed by atoms with Gasteiger partial charge in [0.25, 0.3) is 0 Å². The zero-order valence-corrected chi connectivity index (χ0v) is 8.69. The highest BCUT2D eigenvalue weighted by Gasteiger charge is 2.07. The molecule has 0 atom stereocenters. The lowest BCUT2D eigenvalue weighted by Crippen LogP contribution is -1.88. The molecule has 0 radical (unpaired) electrons. The number of pyridine rings is 1. The van der Waals surface area contributed by atoms with Crippen molar-refractivity contribution in [2.45, 2.75) is 0 Å². The first kappa shape index (κ1) is 8.44. The van der Waals surface area contributed by atoms with E-state index in [0.717, 1.165) is 15.9 Å². The zero-order valence-electron chi connectivity index (χ0n) is 7.11. The number of rotatable bonds is 1. The van der Waals surface area contributed by atoms with Crippen LogP contribution < -0.4 is 0 Å². The van der Waals surface area contributed by atoms with Crippen LogP contribution in [0.1, 0.15) is 0 Å². The average Bonchev–Trinajstić information content (AvgIpc) is 2.47. The first-order valence-corrected chi connectivity index (χ1v) is 4.67. The topological polar surface area (TPSA) is 30.7 Å². The standard InChI is InChI=1S/C9H8BrN3/c1-13-6-7(10)9(12-13)8-4-2-3-5-11-8/h2-6H,1H3. The Morgan fingerprint density at radius 1 is 1.38 bits per heavy atom. The Morgan fingerprint density at radius 2 is 2.23 bits per heavy atom. The van der Waals surface area contributed by atoms with Crippen molar-refractivity contribution in [3.05, 3.63) is 35.1 Å². The summed E-state index contributed by atoms with van der Waals surface area (Å²) in [6.45, 7) is 0. The van der Waals surface area contributed by atoms with Crippen LogP contribution in [0.3, 0.4) is 0 Å². The quantitative estimate of drug-likeness (QED) is 0.762. The van der Waals surface area contributed by atoms with Gasteiger partial charge in [-0.25, -0.2) is 0 Å². The maximum atomic E-state index is 4.29. The minimum atomic E-state index is 0.878. The second-order valence-electron chi connectivity index (χ2n) is 2.71. The molecule has 0 unspecified atom stereocenters. The fraction of sp³-hybridized carbons (Fsp3) is 0.111. The van der Waals surface area contributed by atoms with Gasteiger partial charge in [0.05, 0.1) is 10.2 Å². The monoisotopic (exact) mass is 237 g/mol. The van der Waals surface area contributed by atoms with Crippen LogP contribution in [-0.4, -0.2) is 14.8 Å². The van der Waals surface area contributed by atoms with Crippen molar-refractivity contribution in [3.63, 3.8) is 0 Å². The average molecular weight is 238 g/mol. The summed E-state index contributed by atoms with van der Waals surface area (Å²) in [5.74, 6) is 0. The number of nitrogens with zero attached hydrogens (tertiary/aromatic N) is 3. The molecule has 0 aliphatic rings. The highest BCUT2D eigenvalue weighted by molar-refractivity contribution is 9.10. The summed E-state index contributed by atoms with van der Waals surface area (Å²) in [6.07, 6.45) is 3.67. The molecule has 0 saturated heterocycles. The number of aromatic nitrogens is 3. The van der Waals surface area contributed by atoms with Crippen LogP contribution >= 0.6 is 15.9 Å². The first-order valence-electron chi connectivity index (χ1n) is 3.88. The SMILES string of the molecule is Cn1cc(Br)c(-c2ccccn2)n1. The second-order valence-corrected chi connectivity index (χ2v) is 3.57. The predicted molar refractivity (Wildman–Crippen MR) is 54.1 cm³/mol. The highest BCUT2D eigenvalue weighted by atomic mass is 79.9. The van der Waals surface area contributed by atoms with E-state index in [1.165, 1.54) is 0 Å². The molecule has 0 saturated carbocycles. The lowest BCUT2D eigenvalue weighted by molar-refractivity contribution is 0.769. The van der Waals surface area contributed by atoms with Crippen LogP contribution in [0.5, 0.6) is 0 Å². The Balaban J connectivity index is 2.53. The summed E-state index contributed by atoms with van der Waals surface area (Å²) >= 11 is 3.43. The fourth-order valence-electron chi connectivity index (χ4n) is 1.14. The van der Waals surface area contributed by atoms with Gasteiger partial charge in [-0.05, 0) is 28.1 Å². The summed E-state index contributed by atoms with van der Waals surface area (Å²) in [7, 11) is 1.89. The number of hydrogen-bond donors (Lipinski definition) is 0. The largest absolute Gasteiger partial charge is 0.274 e. The summed E-state index contributed by atoms with van der Waals surface area (Å²) < 4.78 is 2.72. The van der Waals surface area contributed by atoms with Crippen molar-refractivity contribution in [3.8, 4) is 11.4 Å². The van der Waals surface area contributed by atoms with Gasteiger partial charge in [0.15, 0.2) is 0 Å². The van der Waals surface area contributed by atoms with Crippen molar-refractivity contribution < 1.29 is 0 Å². The van der Waals surface area contributed by atoms with Gasteiger partial charge in [-0.2, -0.15) is 5.10 Å². The van der Waals surface area contributed by atoms with Gasteiger partial charge in [0.1, 0.15) is 5.69 Å². The molecular weight excluding hydrogens is 230 g/mol. The van der Waals surface area contributed by atoms with Crippen molar-refractivity contribution >= 4 is 15.9 Å². The molecule has 66 valence electrons. The van der Waals surface area contributed by atoms with Crippen molar-refractivity contribution in [1.82, 2.24) is 14.8 Å². The first-order chi connectivity index (χ1) is 6.27. The lowest BCUT2D eigenvalue weighted by atomic mass is 10.3. The Hall–Kier alpha value is -1.16. The van der Waals surface area contributed by atoms with Crippen molar-refractivity contribution in [2.24, 2.45) is 7.05 Å². The third-order valence-electron chi connectivity index (χ3n) is 1.69. The molecule has 0 amide bonds. The van der Waals surface area contributed by atoms with E-state index in [4.69, 9.17) is 0 Å². The van der Waals surface area contributed by atoms with Crippen LogP contribution in [0.4, 0.5) is 0 Å². The molecule has 0 fully saturated rings. The third kappa shape index (κ3) is 1.62. The predicted octanol–water partition coefficient (Wildman–Crippen LogP) is 2.24. The normalized spacial score (nSPS) is 10.3. The minimum Gasteiger partial charge on any atom is -0.274 e. The van der Waals surface area contributed by atoms with E-state index in [9.17, 15) is 0 Å². The molecule has 0 bridgehead atoms.